The van der Waals surface area contributed by atoms with E-state index in [2.05, 4.69) is 5.10 Å². The number of ether oxygens (including phenoxy) is 2. The van der Waals surface area contributed by atoms with Gasteiger partial charge in [0.25, 0.3) is 0 Å². The second-order valence-corrected chi connectivity index (χ2v) is 8.04. The molecule has 8 heteroatoms. The van der Waals surface area contributed by atoms with Crippen molar-refractivity contribution in [1.82, 2.24) is 14.1 Å². The second kappa shape index (κ2) is 6.16. The monoisotopic (exact) mass is 343 g/mol. The van der Waals surface area contributed by atoms with Crippen molar-refractivity contribution in [3.05, 3.63) is 11.4 Å². The van der Waals surface area contributed by atoms with E-state index < -0.39 is 10.0 Å². The highest BCUT2D eigenvalue weighted by Gasteiger charge is 2.48. The molecule has 0 amide bonds. The van der Waals surface area contributed by atoms with Gasteiger partial charge in [0.05, 0.1) is 30.1 Å². The highest BCUT2D eigenvalue weighted by molar-refractivity contribution is 7.89. The molecule has 130 valence electrons. The molecule has 1 saturated carbocycles. The lowest BCUT2D eigenvalue weighted by molar-refractivity contribution is -0.0470. The summed E-state index contributed by atoms with van der Waals surface area (Å²) >= 11 is 0. The zero-order chi connectivity index (χ0) is 16.8. The zero-order valence-corrected chi connectivity index (χ0v) is 15.0. The minimum absolute atomic E-state index is 0.00348. The maximum atomic E-state index is 13.3. The van der Waals surface area contributed by atoms with Gasteiger partial charge in [0.1, 0.15) is 11.0 Å². The van der Waals surface area contributed by atoms with Crippen LogP contribution in [0.5, 0.6) is 0 Å². The number of sulfonamides is 1. The molecule has 0 radical (unpaired) electrons. The quantitative estimate of drug-likeness (QED) is 0.815. The lowest BCUT2D eigenvalue weighted by Gasteiger charge is -2.30. The minimum Gasteiger partial charge on any atom is -0.374 e. The molecule has 1 aliphatic heterocycles. The van der Waals surface area contributed by atoms with Crippen LogP contribution in [0.4, 0.5) is 0 Å². The Morgan fingerprint density at radius 2 is 2.09 bits per heavy atom. The van der Waals surface area contributed by atoms with Crippen molar-refractivity contribution in [3.8, 4) is 0 Å². The number of fused-ring (bicyclic) bond motifs is 2. The molecule has 2 aliphatic rings. The van der Waals surface area contributed by atoms with Gasteiger partial charge < -0.3 is 9.47 Å². The van der Waals surface area contributed by atoms with Gasteiger partial charge in [0, 0.05) is 20.2 Å². The van der Waals surface area contributed by atoms with Crippen molar-refractivity contribution < 1.29 is 17.9 Å². The Labute approximate surface area is 137 Å². The van der Waals surface area contributed by atoms with Crippen molar-refractivity contribution in [2.75, 3.05) is 19.8 Å². The van der Waals surface area contributed by atoms with Gasteiger partial charge >= 0.3 is 0 Å². The molecule has 7 nitrogen and oxygen atoms in total. The molecule has 23 heavy (non-hydrogen) atoms. The average Bonchev–Trinajstić information content (AvgIpc) is 2.87. The van der Waals surface area contributed by atoms with Crippen molar-refractivity contribution in [2.24, 2.45) is 7.05 Å². The molecule has 1 aromatic heterocycles. The molecular formula is C15H25N3O4S. The summed E-state index contributed by atoms with van der Waals surface area (Å²) in [4.78, 5) is 0.320. The van der Waals surface area contributed by atoms with Crippen LogP contribution in [0.2, 0.25) is 0 Å². The van der Waals surface area contributed by atoms with Crippen molar-refractivity contribution in [2.45, 2.75) is 56.8 Å². The van der Waals surface area contributed by atoms with Crippen LogP contribution in [-0.2, 0) is 26.5 Å². The van der Waals surface area contributed by atoms with Gasteiger partial charge in [0.15, 0.2) is 0 Å². The molecule has 0 unspecified atom stereocenters. The molecular weight excluding hydrogens is 318 g/mol. The highest BCUT2D eigenvalue weighted by atomic mass is 32.2. The van der Waals surface area contributed by atoms with E-state index >= 15 is 0 Å². The molecule has 0 N–H and O–H groups in total. The number of aromatic nitrogens is 2. The van der Waals surface area contributed by atoms with Crippen LogP contribution in [0.1, 0.15) is 31.2 Å². The Balaban J connectivity index is 2.01. The van der Waals surface area contributed by atoms with E-state index in [4.69, 9.17) is 9.47 Å². The summed E-state index contributed by atoms with van der Waals surface area (Å²) in [7, 11) is -1.86. The summed E-state index contributed by atoms with van der Waals surface area (Å²) in [5.74, 6) is 0. The highest BCUT2D eigenvalue weighted by Crippen LogP contribution is 2.36. The van der Waals surface area contributed by atoms with E-state index in [-0.39, 0.29) is 18.2 Å². The summed E-state index contributed by atoms with van der Waals surface area (Å²) in [5.41, 5.74) is 1.20. The van der Waals surface area contributed by atoms with Crippen LogP contribution in [0, 0.1) is 13.8 Å². The third-order valence-electron chi connectivity index (χ3n) is 4.87. The van der Waals surface area contributed by atoms with Crippen LogP contribution < -0.4 is 0 Å². The van der Waals surface area contributed by atoms with Gasteiger partial charge in [-0.25, -0.2) is 8.42 Å². The number of rotatable bonds is 4. The number of hydrogen-bond donors (Lipinski definition) is 0. The first-order chi connectivity index (χ1) is 10.9. The third kappa shape index (κ3) is 2.71. The van der Waals surface area contributed by atoms with Crippen molar-refractivity contribution >= 4 is 10.0 Å². The van der Waals surface area contributed by atoms with Gasteiger partial charge in [-0.15, -0.1) is 0 Å². The largest absolute Gasteiger partial charge is 0.374 e. The smallest absolute Gasteiger partial charge is 0.247 e. The molecule has 3 rings (SSSR count). The Morgan fingerprint density at radius 3 is 2.70 bits per heavy atom. The van der Waals surface area contributed by atoms with Crippen LogP contribution in [0.15, 0.2) is 4.90 Å². The van der Waals surface area contributed by atoms with Gasteiger partial charge in [-0.1, -0.05) is 0 Å². The standard InChI is InChI=1S/C15H25N3O4S/c1-5-21-14-12-6-7-13(14)22-9-8-18(12)23(19,20)15-10(2)16-17(4)11(15)3/h12-14H,5-9H2,1-4H3/t12-,13-,14-/m1/s1. The lowest BCUT2D eigenvalue weighted by atomic mass is 10.2. The van der Waals surface area contributed by atoms with Crippen LogP contribution >= 0.6 is 0 Å². The Bertz CT molecular complexity index is 685. The molecule has 0 spiro atoms. The van der Waals surface area contributed by atoms with Gasteiger partial charge in [-0.3, -0.25) is 4.68 Å². The molecule has 2 fully saturated rings. The Morgan fingerprint density at radius 1 is 1.35 bits per heavy atom. The van der Waals surface area contributed by atoms with E-state index in [1.54, 1.807) is 29.9 Å². The van der Waals surface area contributed by atoms with Crippen LogP contribution in [-0.4, -0.2) is 60.5 Å². The van der Waals surface area contributed by atoms with Crippen molar-refractivity contribution in [1.29, 1.82) is 0 Å². The molecule has 3 atom stereocenters. The predicted octanol–water partition coefficient (Wildman–Crippen LogP) is 0.994. The summed E-state index contributed by atoms with van der Waals surface area (Å²) in [5, 5.41) is 4.26. The predicted molar refractivity (Wildman–Crippen MR) is 84.7 cm³/mol. The normalized spacial score (nSPS) is 29.0. The first-order valence-corrected chi connectivity index (χ1v) is 9.57. The van der Waals surface area contributed by atoms with Gasteiger partial charge in [-0.2, -0.15) is 9.40 Å². The molecule has 1 aliphatic carbocycles. The van der Waals surface area contributed by atoms with Gasteiger partial charge in [-0.05, 0) is 33.6 Å². The molecule has 0 aromatic carbocycles. The minimum atomic E-state index is -3.62. The molecule has 2 bridgehead atoms. The van der Waals surface area contributed by atoms with E-state index in [1.807, 2.05) is 6.92 Å². The topological polar surface area (TPSA) is 73.7 Å². The summed E-state index contributed by atoms with van der Waals surface area (Å²) in [6.45, 7) is 6.78. The van der Waals surface area contributed by atoms with Crippen LogP contribution in [0.25, 0.3) is 0 Å². The van der Waals surface area contributed by atoms with E-state index in [0.717, 1.165) is 12.8 Å². The fourth-order valence-electron chi connectivity index (χ4n) is 3.81. The Kier molecular flexibility index (Phi) is 4.52. The van der Waals surface area contributed by atoms with Crippen LogP contribution in [0.3, 0.4) is 0 Å². The van der Waals surface area contributed by atoms with Crippen molar-refractivity contribution in [3.63, 3.8) is 0 Å². The fraction of sp³-hybridized carbons (Fsp3) is 0.800. The molecule has 2 heterocycles. The number of aryl methyl sites for hydroxylation is 2. The van der Waals surface area contributed by atoms with E-state index in [9.17, 15) is 8.42 Å². The molecule has 1 saturated heterocycles. The number of hydrogen-bond acceptors (Lipinski definition) is 5. The zero-order valence-electron chi connectivity index (χ0n) is 14.2. The van der Waals surface area contributed by atoms with E-state index in [0.29, 0.717) is 36.0 Å². The molecule has 1 aromatic rings. The lowest BCUT2D eigenvalue weighted by Crippen LogP contribution is -2.46. The summed E-state index contributed by atoms with van der Waals surface area (Å²) < 4.78 is 41.4. The number of nitrogens with zero attached hydrogens (tertiary/aromatic N) is 3. The SMILES string of the molecule is CCO[C@@H]1[C@H]2CC[C@H]1OCCN2S(=O)(=O)c1c(C)nn(C)c1C. The third-order valence-corrected chi connectivity index (χ3v) is 7.05. The maximum absolute atomic E-state index is 13.3. The summed E-state index contributed by atoms with van der Waals surface area (Å²) in [6, 6.07) is -0.161. The van der Waals surface area contributed by atoms with E-state index in [1.165, 1.54) is 0 Å². The Hall–Kier alpha value is -0.960. The van der Waals surface area contributed by atoms with Gasteiger partial charge in [0.2, 0.25) is 10.0 Å². The maximum Gasteiger partial charge on any atom is 0.247 e. The second-order valence-electron chi connectivity index (χ2n) is 6.21. The first kappa shape index (κ1) is 16.9. The first-order valence-electron chi connectivity index (χ1n) is 8.13. The fourth-order valence-corrected chi connectivity index (χ4v) is 5.86. The summed E-state index contributed by atoms with van der Waals surface area (Å²) in [6.07, 6.45) is 1.42. The average molecular weight is 343 g/mol.